The molecule has 2 heterocycles. The molecule has 126 valence electrons. The summed E-state index contributed by atoms with van der Waals surface area (Å²) in [5.74, 6) is 2.00. The Balaban J connectivity index is 0.00000176. The van der Waals surface area contributed by atoms with E-state index in [2.05, 4.69) is 5.32 Å². The Morgan fingerprint density at radius 2 is 1.86 bits per heavy atom. The molecule has 0 amide bonds. The summed E-state index contributed by atoms with van der Waals surface area (Å²) < 4.78 is 32.3. The molecule has 22 heavy (non-hydrogen) atoms. The second-order valence-corrected chi connectivity index (χ2v) is 8.21. The average Bonchev–Trinajstić information content (AvgIpc) is 3.21. The van der Waals surface area contributed by atoms with Crippen molar-refractivity contribution in [3.8, 4) is 0 Å². The highest BCUT2D eigenvalue weighted by Gasteiger charge is 2.32. The molecule has 2 aliphatic rings. The Morgan fingerprint density at radius 3 is 2.36 bits per heavy atom. The van der Waals surface area contributed by atoms with Crippen LogP contribution in [0.5, 0.6) is 0 Å². The number of piperidine rings is 1. The maximum Gasteiger partial charge on any atom is 0.246 e. The molecule has 0 spiro atoms. The minimum absolute atomic E-state index is 0. The van der Waals surface area contributed by atoms with Crippen molar-refractivity contribution >= 4 is 22.4 Å². The fraction of sp³-hybridized carbons (Fsp3) is 0.733. The highest BCUT2D eigenvalue weighted by atomic mass is 35.5. The van der Waals surface area contributed by atoms with Gasteiger partial charge in [0.2, 0.25) is 10.0 Å². The molecule has 1 aromatic rings. The van der Waals surface area contributed by atoms with E-state index in [0.717, 1.165) is 25.3 Å². The van der Waals surface area contributed by atoms with Crippen LogP contribution < -0.4 is 5.32 Å². The van der Waals surface area contributed by atoms with Gasteiger partial charge in [0.1, 0.15) is 16.4 Å². The molecule has 0 aromatic carbocycles. The third-order valence-electron chi connectivity index (χ3n) is 4.46. The number of nitrogens with zero attached hydrogens (tertiary/aromatic N) is 1. The Morgan fingerprint density at radius 1 is 1.23 bits per heavy atom. The van der Waals surface area contributed by atoms with Crippen LogP contribution in [0.25, 0.3) is 0 Å². The average molecular weight is 349 g/mol. The smallest absolute Gasteiger partial charge is 0.246 e. The van der Waals surface area contributed by atoms with Gasteiger partial charge in [-0.05, 0) is 58.1 Å². The summed E-state index contributed by atoms with van der Waals surface area (Å²) in [6, 6.07) is 2.09. The normalized spacial score (nSPS) is 20.8. The highest BCUT2D eigenvalue weighted by molar-refractivity contribution is 7.89. The van der Waals surface area contributed by atoms with Gasteiger partial charge < -0.3 is 9.73 Å². The van der Waals surface area contributed by atoms with Gasteiger partial charge in [-0.15, -0.1) is 12.4 Å². The lowest BCUT2D eigenvalue weighted by Gasteiger charge is -2.31. The molecule has 7 heteroatoms. The lowest BCUT2D eigenvalue weighted by Crippen LogP contribution is -2.45. The molecule has 1 aliphatic carbocycles. The monoisotopic (exact) mass is 348 g/mol. The first-order chi connectivity index (χ1) is 9.96. The molecule has 1 aliphatic heterocycles. The van der Waals surface area contributed by atoms with Gasteiger partial charge in [0.05, 0.1) is 0 Å². The van der Waals surface area contributed by atoms with E-state index in [-0.39, 0.29) is 12.4 Å². The number of nitrogens with one attached hydrogen (secondary N) is 1. The first kappa shape index (κ1) is 17.8. The van der Waals surface area contributed by atoms with Gasteiger partial charge in [-0.3, -0.25) is 0 Å². The molecule has 1 saturated heterocycles. The first-order valence-corrected chi connectivity index (χ1v) is 9.21. The predicted octanol–water partition coefficient (Wildman–Crippen LogP) is 2.47. The highest BCUT2D eigenvalue weighted by Crippen LogP contribution is 2.29. The second kappa shape index (κ2) is 6.91. The molecular formula is C15H25ClN2O3S. The lowest BCUT2D eigenvalue weighted by atomic mass is 10.1. The topological polar surface area (TPSA) is 62.6 Å². The van der Waals surface area contributed by atoms with Gasteiger partial charge in [0.25, 0.3) is 0 Å². The van der Waals surface area contributed by atoms with Gasteiger partial charge >= 0.3 is 0 Å². The Labute approximate surface area is 138 Å². The van der Waals surface area contributed by atoms with E-state index in [1.807, 2.05) is 0 Å². The van der Waals surface area contributed by atoms with Crippen LogP contribution in [0.3, 0.4) is 0 Å². The number of sulfonamides is 1. The number of hydrogen-bond acceptors (Lipinski definition) is 4. The van der Waals surface area contributed by atoms with Crippen LogP contribution in [0.2, 0.25) is 0 Å². The molecule has 3 rings (SSSR count). The molecule has 1 N–H and O–H groups in total. The van der Waals surface area contributed by atoms with Crippen LogP contribution in [0.15, 0.2) is 15.4 Å². The van der Waals surface area contributed by atoms with Gasteiger partial charge in [-0.2, -0.15) is 4.31 Å². The van der Waals surface area contributed by atoms with Crippen molar-refractivity contribution < 1.29 is 12.8 Å². The molecular weight excluding hydrogens is 324 g/mol. The van der Waals surface area contributed by atoms with Crippen LogP contribution in [0.1, 0.15) is 37.2 Å². The van der Waals surface area contributed by atoms with Gasteiger partial charge in [-0.1, -0.05) is 0 Å². The van der Waals surface area contributed by atoms with Crippen molar-refractivity contribution in [3.05, 3.63) is 17.6 Å². The maximum atomic E-state index is 12.6. The Hall–Kier alpha value is -0.560. The number of aryl methyl sites for hydroxylation is 2. The number of hydrogen-bond donors (Lipinski definition) is 1. The lowest BCUT2D eigenvalue weighted by molar-refractivity contribution is 0.287. The van der Waals surface area contributed by atoms with Crippen LogP contribution >= 0.6 is 12.4 Å². The SMILES string of the molecule is Cc1cc(S(=O)(=O)N2CCC(NCC3CC3)CC2)c(C)o1.Cl. The van der Waals surface area contributed by atoms with Gasteiger partial charge in [-0.25, -0.2) is 8.42 Å². The van der Waals surface area contributed by atoms with Crippen molar-refractivity contribution in [2.45, 2.75) is 50.5 Å². The van der Waals surface area contributed by atoms with Crippen molar-refractivity contribution in [1.82, 2.24) is 9.62 Å². The minimum Gasteiger partial charge on any atom is -0.465 e. The van der Waals surface area contributed by atoms with E-state index in [1.54, 1.807) is 24.2 Å². The molecule has 1 aromatic heterocycles. The van der Waals surface area contributed by atoms with Crippen LogP contribution in [0.4, 0.5) is 0 Å². The van der Waals surface area contributed by atoms with E-state index >= 15 is 0 Å². The number of halogens is 1. The largest absolute Gasteiger partial charge is 0.465 e. The fourth-order valence-electron chi connectivity index (χ4n) is 2.96. The predicted molar refractivity (Wildman–Crippen MR) is 87.9 cm³/mol. The third kappa shape index (κ3) is 3.85. The van der Waals surface area contributed by atoms with Crippen molar-refractivity contribution in [1.29, 1.82) is 0 Å². The molecule has 2 fully saturated rings. The fourth-order valence-corrected chi connectivity index (χ4v) is 4.65. The van der Waals surface area contributed by atoms with E-state index in [0.29, 0.717) is 35.5 Å². The summed E-state index contributed by atoms with van der Waals surface area (Å²) in [6.07, 6.45) is 4.47. The van der Waals surface area contributed by atoms with Crippen LogP contribution in [0, 0.1) is 19.8 Å². The standard InChI is InChI=1S/C15H24N2O3S.ClH/c1-11-9-15(12(2)20-11)21(18,19)17-7-5-14(6-8-17)16-10-13-3-4-13;/h9,13-14,16H,3-8,10H2,1-2H3;1H. The maximum absolute atomic E-state index is 12.6. The molecule has 0 unspecified atom stereocenters. The van der Waals surface area contributed by atoms with Gasteiger partial charge in [0, 0.05) is 19.1 Å². The van der Waals surface area contributed by atoms with Crippen molar-refractivity contribution in [2.75, 3.05) is 19.6 Å². The quantitative estimate of drug-likeness (QED) is 0.887. The third-order valence-corrected chi connectivity index (χ3v) is 6.47. The van der Waals surface area contributed by atoms with Crippen molar-refractivity contribution in [2.24, 2.45) is 5.92 Å². The zero-order valence-electron chi connectivity index (χ0n) is 13.2. The van der Waals surface area contributed by atoms with E-state index in [9.17, 15) is 8.42 Å². The number of furan rings is 1. The van der Waals surface area contributed by atoms with E-state index in [4.69, 9.17) is 4.42 Å². The van der Waals surface area contributed by atoms with Crippen molar-refractivity contribution in [3.63, 3.8) is 0 Å². The zero-order valence-corrected chi connectivity index (χ0v) is 14.8. The molecule has 0 radical (unpaired) electrons. The summed E-state index contributed by atoms with van der Waals surface area (Å²) in [5.41, 5.74) is 0. The molecule has 0 atom stereocenters. The Bertz CT molecular complexity index is 602. The van der Waals surface area contributed by atoms with Crippen LogP contribution in [-0.4, -0.2) is 38.4 Å². The zero-order chi connectivity index (χ0) is 15.0. The summed E-state index contributed by atoms with van der Waals surface area (Å²) >= 11 is 0. The molecule has 1 saturated carbocycles. The van der Waals surface area contributed by atoms with Gasteiger partial charge in [0.15, 0.2) is 0 Å². The van der Waals surface area contributed by atoms with E-state index < -0.39 is 10.0 Å². The molecule has 0 bridgehead atoms. The summed E-state index contributed by atoms with van der Waals surface area (Å²) in [4.78, 5) is 0.324. The summed E-state index contributed by atoms with van der Waals surface area (Å²) in [7, 11) is -3.40. The van der Waals surface area contributed by atoms with E-state index in [1.165, 1.54) is 12.8 Å². The first-order valence-electron chi connectivity index (χ1n) is 7.77. The molecule has 5 nitrogen and oxygen atoms in total. The number of rotatable bonds is 5. The summed E-state index contributed by atoms with van der Waals surface area (Å²) in [6.45, 7) is 5.77. The van der Waals surface area contributed by atoms with Crippen LogP contribution in [-0.2, 0) is 10.0 Å². The second-order valence-electron chi connectivity index (χ2n) is 6.31. The minimum atomic E-state index is -3.40. The summed E-state index contributed by atoms with van der Waals surface area (Å²) in [5, 5.41) is 3.57. The Kier molecular flexibility index (Phi) is 5.59.